The van der Waals surface area contributed by atoms with Crippen LogP contribution in [0.2, 0.25) is 0 Å². The van der Waals surface area contributed by atoms with E-state index in [1.165, 1.54) is 0 Å². The van der Waals surface area contributed by atoms with E-state index in [-0.39, 0.29) is 25.2 Å². The Balaban J connectivity index is 3.17. The molecule has 0 bridgehead atoms. The first kappa shape index (κ1) is 7.01. The normalized spacial score (nSPS) is 12.0. The fraction of sp³-hybridized carbons (Fsp3) is 0. The zero-order valence-corrected chi connectivity index (χ0v) is 6.69. The molecule has 0 aromatic heterocycles. The number of halogens is 1. The minimum atomic E-state index is -4.13. The van der Waals surface area contributed by atoms with Crippen LogP contribution in [0.3, 0.4) is 0 Å². The number of hydrogen-bond acceptors (Lipinski definition) is 4. The zero-order valence-electron chi connectivity index (χ0n) is 2.46. The summed E-state index contributed by atoms with van der Waals surface area (Å²) in [4.78, 5) is 0. The molecule has 0 atom stereocenters. The van der Waals surface area contributed by atoms with Gasteiger partial charge in [0.1, 0.15) is 0 Å². The van der Waals surface area contributed by atoms with Crippen LogP contribution in [0.25, 0.3) is 0 Å². The van der Waals surface area contributed by atoms with E-state index in [4.69, 9.17) is 0 Å². The van der Waals surface area contributed by atoms with Gasteiger partial charge in [0.05, 0.1) is 0 Å². The molecule has 0 aliphatic heterocycles. The van der Waals surface area contributed by atoms with Gasteiger partial charge in [-0.3, -0.25) is 0 Å². The van der Waals surface area contributed by atoms with Gasteiger partial charge in [0.2, 0.25) is 0 Å². The Bertz CT molecular complexity index is 37.3. The topological polar surface area (TPSA) is 78.4 Å². The van der Waals surface area contributed by atoms with E-state index < -0.39 is 10.2 Å². The van der Waals surface area contributed by atoms with Gasteiger partial charge in [-0.05, 0) is 0 Å². The van der Waals surface area contributed by atoms with Crippen molar-refractivity contribution in [3.05, 3.63) is 0 Å². The number of rotatable bonds is 1. The van der Waals surface area contributed by atoms with Gasteiger partial charge in [0, 0.05) is 0 Å². The van der Waals surface area contributed by atoms with Crippen molar-refractivity contribution in [2.75, 3.05) is 0 Å². The molecule has 0 aliphatic carbocycles. The van der Waals surface area contributed by atoms with Gasteiger partial charge in [-0.1, -0.05) is 0 Å². The molecular weight excluding hydrogens is 308 g/mol. The Morgan fingerprint density at radius 3 is 1.50 bits per heavy atom. The SMILES string of the molecule is [O-][Cl+3]([O-])([O-])[O][Bi]. The van der Waals surface area contributed by atoms with Gasteiger partial charge in [-0.2, -0.15) is 0 Å². The van der Waals surface area contributed by atoms with Gasteiger partial charge in [0.15, 0.2) is 0 Å². The molecule has 0 aromatic carbocycles. The molecule has 0 saturated carbocycles. The van der Waals surface area contributed by atoms with E-state index in [0.29, 0.717) is 0 Å². The van der Waals surface area contributed by atoms with Crippen molar-refractivity contribution in [2.24, 2.45) is 0 Å². The molecule has 2 radical (unpaired) electrons. The predicted molar refractivity (Wildman–Crippen MR) is 6.84 cm³/mol. The molecule has 4 nitrogen and oxygen atoms in total. The maximum absolute atomic E-state index is 9.22. The van der Waals surface area contributed by atoms with Crippen LogP contribution in [0.5, 0.6) is 0 Å². The van der Waals surface area contributed by atoms with E-state index in [9.17, 15) is 14.0 Å². The minimum absolute atomic E-state index is 0.107. The average molecular weight is 308 g/mol. The second kappa shape index (κ2) is 2.35. The molecule has 6 heavy (non-hydrogen) atoms. The van der Waals surface area contributed by atoms with Crippen molar-refractivity contribution >= 4 is 25.2 Å². The summed E-state index contributed by atoms with van der Waals surface area (Å²) >= 11 is 0.107. The first-order valence-corrected chi connectivity index (χ1v) is 3.45. The Labute approximate surface area is 51.9 Å². The fourth-order valence-electron chi connectivity index (χ4n) is 0. The zero-order chi connectivity index (χ0) is 5.21. The average Bonchev–Trinajstić information content (AvgIpc) is 1.35. The quantitative estimate of drug-likeness (QED) is 0.462. The summed E-state index contributed by atoms with van der Waals surface area (Å²) in [5, 5.41) is 0. The van der Waals surface area contributed by atoms with E-state index in [0.717, 1.165) is 0 Å². The molecule has 6 heteroatoms. The number of hydrogen-bond donors (Lipinski definition) is 0. The van der Waals surface area contributed by atoms with Crippen LogP contribution in [-0.2, 0) is 2.37 Å². The van der Waals surface area contributed by atoms with Crippen LogP contribution < -0.4 is 14.0 Å². The Hall–Kier alpha value is 1.01. The Morgan fingerprint density at radius 2 is 1.50 bits per heavy atom. The molecule has 0 N–H and O–H groups in total. The van der Waals surface area contributed by atoms with Crippen molar-refractivity contribution in [1.82, 2.24) is 0 Å². The van der Waals surface area contributed by atoms with Crippen LogP contribution >= 0.6 is 0 Å². The molecule has 0 heterocycles. The van der Waals surface area contributed by atoms with Crippen molar-refractivity contribution in [2.45, 2.75) is 0 Å². The van der Waals surface area contributed by atoms with Crippen LogP contribution in [0.1, 0.15) is 0 Å². The van der Waals surface area contributed by atoms with Gasteiger partial charge in [0.25, 0.3) is 0 Å². The molecule has 0 aromatic rings. The molecule has 0 spiro atoms. The van der Waals surface area contributed by atoms with Crippen molar-refractivity contribution in [3.8, 4) is 0 Å². The van der Waals surface area contributed by atoms with Crippen LogP contribution in [0, 0.1) is 10.2 Å². The second-order valence-electron chi connectivity index (χ2n) is 0.447. The van der Waals surface area contributed by atoms with Crippen LogP contribution in [-0.4, -0.2) is 25.2 Å². The molecule has 0 aliphatic rings. The fourth-order valence-corrected chi connectivity index (χ4v) is 0. The van der Waals surface area contributed by atoms with Gasteiger partial charge < -0.3 is 0 Å². The van der Waals surface area contributed by atoms with E-state index >= 15 is 0 Å². The molecule has 36 valence electrons. The van der Waals surface area contributed by atoms with E-state index in [2.05, 4.69) is 2.37 Å². The van der Waals surface area contributed by atoms with Crippen molar-refractivity contribution in [3.63, 3.8) is 0 Å². The molecule has 0 rings (SSSR count). The summed E-state index contributed by atoms with van der Waals surface area (Å²) in [6.45, 7) is 0. The Morgan fingerprint density at radius 1 is 1.33 bits per heavy atom. The summed E-state index contributed by atoms with van der Waals surface area (Å²) < 4.78 is 31.1. The molecule has 0 amide bonds. The first-order valence-electron chi connectivity index (χ1n) is 0.800. The summed E-state index contributed by atoms with van der Waals surface area (Å²) in [5.74, 6) is 0. The van der Waals surface area contributed by atoms with Crippen LogP contribution in [0.4, 0.5) is 0 Å². The van der Waals surface area contributed by atoms with Gasteiger partial charge in [-0.25, -0.2) is 0 Å². The molecule has 0 unspecified atom stereocenters. The van der Waals surface area contributed by atoms with E-state index in [1.54, 1.807) is 0 Å². The molecule has 0 saturated heterocycles. The summed E-state index contributed by atoms with van der Waals surface area (Å²) in [6, 6.07) is 0. The van der Waals surface area contributed by atoms with Gasteiger partial charge >= 0.3 is 51.7 Å². The third-order valence-electron chi connectivity index (χ3n) is 0.0845. The summed E-state index contributed by atoms with van der Waals surface area (Å²) in [7, 11) is -4.13. The second-order valence-corrected chi connectivity index (χ2v) is 2.95. The first-order chi connectivity index (χ1) is 2.56. The summed E-state index contributed by atoms with van der Waals surface area (Å²) in [5.41, 5.74) is 0. The summed E-state index contributed by atoms with van der Waals surface area (Å²) in [6.07, 6.45) is 0. The third kappa shape index (κ3) is 5.01. The molecule has 0 fully saturated rings. The Kier molecular flexibility index (Phi) is 2.75. The van der Waals surface area contributed by atoms with Gasteiger partial charge in [-0.15, -0.1) is 0 Å². The van der Waals surface area contributed by atoms with E-state index in [1.807, 2.05) is 0 Å². The van der Waals surface area contributed by atoms with Crippen molar-refractivity contribution in [1.29, 1.82) is 0 Å². The predicted octanol–water partition coefficient (Wildman–Crippen LogP) is -4.02. The molecular formula is BiClO4. The maximum atomic E-state index is 9.22. The van der Waals surface area contributed by atoms with Crippen molar-refractivity contribution < 1.29 is 26.6 Å². The monoisotopic (exact) mass is 308 g/mol. The standard InChI is InChI=1S/Bi.ClHO4/c;2-1(3,4)5/h;(H,2,3,4,5)/q+1;/p-1. The third-order valence-corrected chi connectivity index (χ3v) is 2.22. The van der Waals surface area contributed by atoms with Crippen LogP contribution in [0.15, 0.2) is 0 Å².